The number of aryl methyl sites for hydroxylation is 1. The maximum Gasteiger partial charge on any atom is 0.0801 e. The monoisotopic (exact) mass is 199 g/mol. The van der Waals surface area contributed by atoms with Crippen molar-refractivity contribution < 1.29 is 0 Å². The molecule has 0 unspecified atom stereocenters. The molecular weight excluding hydrogens is 190 g/mol. The number of thiazole rings is 1. The van der Waals surface area contributed by atoms with Crippen LogP contribution in [0.1, 0.15) is 11.3 Å². The topological polar surface area (TPSA) is 12.9 Å². The predicted molar refractivity (Wildman–Crippen MR) is 60.2 cm³/mol. The Kier molecular flexibility index (Phi) is 2.34. The highest BCUT2D eigenvalue weighted by atomic mass is 32.1. The van der Waals surface area contributed by atoms with Crippen molar-refractivity contribution in [3.63, 3.8) is 0 Å². The molecule has 0 radical (unpaired) electrons. The molecule has 0 saturated carbocycles. The summed E-state index contributed by atoms with van der Waals surface area (Å²) < 4.78 is 0. The minimum Gasteiger partial charge on any atom is -0.249 e. The minimum absolute atomic E-state index is 0.913. The first-order chi connectivity index (χ1) is 6.81. The molecule has 0 aliphatic carbocycles. The quantitative estimate of drug-likeness (QED) is 0.643. The number of benzene rings is 1. The number of hydrogen-bond acceptors (Lipinski definition) is 2. The normalized spacial score (nSPS) is 9.71. The van der Waals surface area contributed by atoms with Crippen LogP contribution in [0.4, 0.5) is 0 Å². The lowest BCUT2D eigenvalue weighted by Crippen LogP contribution is -1.78. The standard InChI is InChI=1S/C12H9NS/c1-3-10-4-6-11(7-5-10)12-9(2)13-8-14-12/h1,4-8H,2H3. The Hall–Kier alpha value is -1.59. The molecule has 0 amide bonds. The van der Waals surface area contributed by atoms with Crippen molar-refractivity contribution in [2.75, 3.05) is 0 Å². The largest absolute Gasteiger partial charge is 0.249 e. The van der Waals surface area contributed by atoms with E-state index in [0.29, 0.717) is 0 Å². The van der Waals surface area contributed by atoms with E-state index in [4.69, 9.17) is 6.42 Å². The van der Waals surface area contributed by atoms with Gasteiger partial charge >= 0.3 is 0 Å². The van der Waals surface area contributed by atoms with Gasteiger partial charge in [-0.25, -0.2) is 4.98 Å². The molecule has 0 N–H and O–H groups in total. The predicted octanol–water partition coefficient (Wildman–Crippen LogP) is 3.10. The molecule has 0 saturated heterocycles. The molecule has 0 atom stereocenters. The number of hydrogen-bond donors (Lipinski definition) is 0. The zero-order valence-electron chi connectivity index (χ0n) is 7.82. The highest BCUT2D eigenvalue weighted by molar-refractivity contribution is 7.13. The van der Waals surface area contributed by atoms with Crippen molar-refractivity contribution in [2.24, 2.45) is 0 Å². The van der Waals surface area contributed by atoms with Crippen molar-refractivity contribution in [2.45, 2.75) is 6.92 Å². The van der Waals surface area contributed by atoms with Gasteiger partial charge in [-0.3, -0.25) is 0 Å². The zero-order valence-corrected chi connectivity index (χ0v) is 8.64. The molecule has 1 nitrogen and oxygen atoms in total. The Balaban J connectivity index is 2.45. The molecular formula is C12H9NS. The summed E-state index contributed by atoms with van der Waals surface area (Å²) in [6.45, 7) is 2.01. The van der Waals surface area contributed by atoms with Crippen molar-refractivity contribution in [3.05, 3.63) is 41.0 Å². The maximum absolute atomic E-state index is 5.29. The van der Waals surface area contributed by atoms with E-state index in [2.05, 4.69) is 10.9 Å². The third kappa shape index (κ3) is 1.55. The first kappa shape index (κ1) is 8.98. The van der Waals surface area contributed by atoms with E-state index in [-0.39, 0.29) is 0 Å². The summed E-state index contributed by atoms with van der Waals surface area (Å²) in [5, 5.41) is 0. The summed E-state index contributed by atoms with van der Waals surface area (Å²) in [6.07, 6.45) is 5.29. The number of aromatic nitrogens is 1. The molecule has 1 heterocycles. The van der Waals surface area contributed by atoms with Gasteiger partial charge < -0.3 is 0 Å². The van der Waals surface area contributed by atoms with Gasteiger partial charge in [-0.2, -0.15) is 0 Å². The first-order valence-electron chi connectivity index (χ1n) is 4.28. The van der Waals surface area contributed by atoms with Crippen molar-refractivity contribution in [3.8, 4) is 22.8 Å². The van der Waals surface area contributed by atoms with E-state index in [1.165, 1.54) is 10.4 Å². The van der Waals surface area contributed by atoms with Crippen LogP contribution < -0.4 is 0 Å². The van der Waals surface area contributed by atoms with Gasteiger partial charge in [0, 0.05) is 5.56 Å². The van der Waals surface area contributed by atoms with Gasteiger partial charge in [-0.1, -0.05) is 18.1 Å². The Morgan fingerprint density at radius 3 is 2.50 bits per heavy atom. The summed E-state index contributed by atoms with van der Waals surface area (Å²) >= 11 is 1.65. The Morgan fingerprint density at radius 1 is 1.29 bits per heavy atom. The van der Waals surface area contributed by atoms with Crippen LogP contribution >= 0.6 is 11.3 Å². The Bertz CT molecular complexity index is 474. The summed E-state index contributed by atoms with van der Waals surface area (Å²) in [5.74, 6) is 2.60. The lowest BCUT2D eigenvalue weighted by molar-refractivity contribution is 1.27. The zero-order chi connectivity index (χ0) is 9.97. The van der Waals surface area contributed by atoms with Crippen LogP contribution in [0.15, 0.2) is 29.8 Å². The van der Waals surface area contributed by atoms with Crippen molar-refractivity contribution >= 4 is 11.3 Å². The second kappa shape index (κ2) is 3.65. The van der Waals surface area contributed by atoms with Crippen LogP contribution in [0.2, 0.25) is 0 Å². The SMILES string of the molecule is C#Cc1ccc(-c2scnc2C)cc1. The van der Waals surface area contributed by atoms with E-state index in [0.717, 1.165) is 11.3 Å². The van der Waals surface area contributed by atoms with Gasteiger partial charge in [0.25, 0.3) is 0 Å². The lowest BCUT2D eigenvalue weighted by Gasteiger charge is -1.98. The summed E-state index contributed by atoms with van der Waals surface area (Å²) in [5.41, 5.74) is 5.03. The van der Waals surface area contributed by atoms with Crippen molar-refractivity contribution in [1.29, 1.82) is 0 Å². The fourth-order valence-corrected chi connectivity index (χ4v) is 2.11. The molecule has 0 spiro atoms. The van der Waals surface area contributed by atoms with E-state index in [1.54, 1.807) is 11.3 Å². The van der Waals surface area contributed by atoms with Gasteiger partial charge in [0.1, 0.15) is 0 Å². The van der Waals surface area contributed by atoms with Gasteiger partial charge in [0.05, 0.1) is 16.1 Å². The van der Waals surface area contributed by atoms with Gasteiger partial charge in [-0.15, -0.1) is 17.8 Å². The average molecular weight is 199 g/mol. The summed E-state index contributed by atoms with van der Waals surface area (Å²) in [7, 11) is 0. The van der Waals surface area contributed by atoms with Crippen LogP contribution in [-0.2, 0) is 0 Å². The Morgan fingerprint density at radius 2 is 2.00 bits per heavy atom. The third-order valence-corrected chi connectivity index (χ3v) is 3.04. The fraction of sp³-hybridized carbons (Fsp3) is 0.0833. The van der Waals surface area contributed by atoms with Crippen LogP contribution in [0.5, 0.6) is 0 Å². The molecule has 2 heteroatoms. The average Bonchev–Trinajstić information content (AvgIpc) is 2.65. The second-order valence-electron chi connectivity index (χ2n) is 2.99. The van der Waals surface area contributed by atoms with Crippen LogP contribution in [-0.4, -0.2) is 4.98 Å². The highest BCUT2D eigenvalue weighted by Crippen LogP contribution is 2.26. The summed E-state index contributed by atoms with van der Waals surface area (Å²) in [6, 6.07) is 7.98. The highest BCUT2D eigenvalue weighted by Gasteiger charge is 2.03. The third-order valence-electron chi connectivity index (χ3n) is 2.06. The second-order valence-corrected chi connectivity index (χ2v) is 3.84. The van der Waals surface area contributed by atoms with Crippen LogP contribution in [0, 0.1) is 19.3 Å². The smallest absolute Gasteiger partial charge is 0.0801 e. The Labute approximate surface area is 87.4 Å². The molecule has 0 aliphatic heterocycles. The minimum atomic E-state index is 0.913. The molecule has 68 valence electrons. The van der Waals surface area contributed by atoms with E-state index in [1.807, 2.05) is 36.7 Å². The van der Waals surface area contributed by atoms with Crippen molar-refractivity contribution in [1.82, 2.24) is 4.98 Å². The maximum atomic E-state index is 5.29. The van der Waals surface area contributed by atoms with Crippen LogP contribution in [0.3, 0.4) is 0 Å². The molecule has 1 aromatic carbocycles. The molecule has 2 rings (SSSR count). The summed E-state index contributed by atoms with van der Waals surface area (Å²) in [4.78, 5) is 5.43. The molecule has 0 aliphatic rings. The number of terminal acetylenes is 1. The van der Waals surface area contributed by atoms with E-state index < -0.39 is 0 Å². The van der Waals surface area contributed by atoms with E-state index in [9.17, 15) is 0 Å². The molecule has 1 aromatic heterocycles. The molecule has 0 fully saturated rings. The lowest BCUT2D eigenvalue weighted by atomic mass is 10.1. The van der Waals surface area contributed by atoms with E-state index >= 15 is 0 Å². The fourth-order valence-electron chi connectivity index (χ4n) is 1.30. The first-order valence-corrected chi connectivity index (χ1v) is 5.16. The molecule has 0 bridgehead atoms. The van der Waals surface area contributed by atoms with Gasteiger partial charge in [0.2, 0.25) is 0 Å². The van der Waals surface area contributed by atoms with Crippen LogP contribution in [0.25, 0.3) is 10.4 Å². The number of rotatable bonds is 1. The molecule has 14 heavy (non-hydrogen) atoms. The van der Waals surface area contributed by atoms with Gasteiger partial charge in [0.15, 0.2) is 0 Å². The number of nitrogens with zero attached hydrogens (tertiary/aromatic N) is 1. The van der Waals surface area contributed by atoms with Gasteiger partial charge in [-0.05, 0) is 24.6 Å². The molecule has 2 aromatic rings.